The van der Waals surface area contributed by atoms with E-state index in [-0.39, 0.29) is 28.7 Å². The zero-order valence-corrected chi connectivity index (χ0v) is 20.3. The van der Waals surface area contributed by atoms with E-state index in [1.165, 1.54) is 51.6 Å². The molecule has 5 nitrogen and oxygen atoms in total. The van der Waals surface area contributed by atoms with Gasteiger partial charge in [-0.15, -0.1) is 24.0 Å². The fourth-order valence-electron chi connectivity index (χ4n) is 4.59. The van der Waals surface area contributed by atoms with Crippen molar-refractivity contribution < 1.29 is 4.74 Å². The number of likely N-dealkylation sites (tertiary alicyclic amines) is 1. The first-order valence-corrected chi connectivity index (χ1v) is 11.9. The van der Waals surface area contributed by atoms with Gasteiger partial charge in [0.25, 0.3) is 0 Å². The second kappa shape index (κ2) is 12.1. The Balaban J connectivity index is 0.00000261. The van der Waals surface area contributed by atoms with Crippen molar-refractivity contribution in [3.8, 4) is 0 Å². The van der Waals surface area contributed by atoms with Gasteiger partial charge in [-0.05, 0) is 51.7 Å². The standard InChI is InChI=1S/C20H38N4OS.HI/c1-3-21-19(22-16-20(26-2)10-14-25-15-11-20)23-17-8-12-24(13-9-17)18-6-4-5-7-18;/h17-18H,3-16H2,1-2H3,(H2,21,22,23);1H. The lowest BCUT2D eigenvalue weighted by molar-refractivity contribution is 0.0794. The van der Waals surface area contributed by atoms with Gasteiger partial charge in [-0.1, -0.05) is 12.8 Å². The molecule has 0 aromatic heterocycles. The molecule has 3 aliphatic rings. The highest BCUT2D eigenvalue weighted by molar-refractivity contribution is 14.0. The lowest BCUT2D eigenvalue weighted by Gasteiger charge is -2.37. The molecule has 27 heavy (non-hydrogen) atoms. The number of nitrogens with zero attached hydrogens (tertiary/aromatic N) is 2. The van der Waals surface area contributed by atoms with E-state index in [0.29, 0.717) is 6.04 Å². The fraction of sp³-hybridized carbons (Fsp3) is 0.950. The van der Waals surface area contributed by atoms with Crippen LogP contribution in [0.3, 0.4) is 0 Å². The first-order chi connectivity index (χ1) is 12.7. The molecule has 0 atom stereocenters. The van der Waals surface area contributed by atoms with E-state index in [1.807, 2.05) is 11.8 Å². The van der Waals surface area contributed by atoms with E-state index < -0.39 is 0 Å². The molecule has 0 aromatic rings. The third kappa shape index (κ3) is 6.93. The van der Waals surface area contributed by atoms with Crippen LogP contribution in [0.2, 0.25) is 0 Å². The molecular weight excluding hydrogens is 471 g/mol. The normalized spacial score (nSPS) is 25.2. The molecule has 0 radical (unpaired) electrons. The lowest BCUT2D eigenvalue weighted by atomic mass is 9.99. The van der Waals surface area contributed by atoms with Crippen molar-refractivity contribution >= 4 is 41.7 Å². The van der Waals surface area contributed by atoms with Gasteiger partial charge in [-0.2, -0.15) is 11.8 Å². The van der Waals surface area contributed by atoms with Crippen molar-refractivity contribution in [2.75, 3.05) is 45.6 Å². The summed E-state index contributed by atoms with van der Waals surface area (Å²) in [4.78, 5) is 7.71. The van der Waals surface area contributed by atoms with Crippen LogP contribution in [0.4, 0.5) is 0 Å². The maximum Gasteiger partial charge on any atom is 0.191 e. The van der Waals surface area contributed by atoms with E-state index in [9.17, 15) is 0 Å². The van der Waals surface area contributed by atoms with Gasteiger partial charge < -0.3 is 20.3 Å². The van der Waals surface area contributed by atoms with Gasteiger partial charge in [0, 0.05) is 49.7 Å². The summed E-state index contributed by atoms with van der Waals surface area (Å²) in [6.45, 7) is 8.19. The van der Waals surface area contributed by atoms with E-state index >= 15 is 0 Å². The van der Waals surface area contributed by atoms with Crippen LogP contribution in [-0.2, 0) is 4.74 Å². The van der Waals surface area contributed by atoms with Crippen LogP contribution in [0.5, 0.6) is 0 Å². The highest BCUT2D eigenvalue weighted by atomic mass is 127. The molecular formula is C20H39IN4OS. The molecule has 2 heterocycles. The maximum absolute atomic E-state index is 5.56. The number of hydrogen-bond acceptors (Lipinski definition) is 4. The second-order valence-corrected chi connectivity index (χ2v) is 9.36. The Kier molecular flexibility index (Phi) is 10.5. The quantitative estimate of drug-likeness (QED) is 0.326. The summed E-state index contributed by atoms with van der Waals surface area (Å²) in [6.07, 6.45) is 12.6. The third-order valence-electron chi connectivity index (χ3n) is 6.42. The number of aliphatic imine (C=N–C) groups is 1. The molecule has 1 aliphatic carbocycles. The molecule has 0 spiro atoms. The fourth-order valence-corrected chi connectivity index (χ4v) is 5.35. The van der Waals surface area contributed by atoms with Gasteiger partial charge in [0.05, 0.1) is 6.54 Å². The van der Waals surface area contributed by atoms with E-state index in [0.717, 1.165) is 51.1 Å². The molecule has 1 saturated carbocycles. The molecule has 0 bridgehead atoms. The molecule has 2 saturated heterocycles. The van der Waals surface area contributed by atoms with Crippen LogP contribution in [0.15, 0.2) is 4.99 Å². The monoisotopic (exact) mass is 510 g/mol. The molecule has 2 N–H and O–H groups in total. The minimum absolute atomic E-state index is 0. The predicted molar refractivity (Wildman–Crippen MR) is 128 cm³/mol. The maximum atomic E-state index is 5.56. The number of thioether (sulfide) groups is 1. The summed E-state index contributed by atoms with van der Waals surface area (Å²) in [5, 5.41) is 7.18. The highest BCUT2D eigenvalue weighted by Gasteiger charge is 2.32. The van der Waals surface area contributed by atoms with Gasteiger partial charge in [-0.3, -0.25) is 4.99 Å². The van der Waals surface area contributed by atoms with Crippen LogP contribution in [0.1, 0.15) is 58.3 Å². The molecule has 0 amide bonds. The number of ether oxygens (including phenoxy) is 1. The molecule has 3 fully saturated rings. The second-order valence-electron chi connectivity index (χ2n) is 8.09. The first kappa shape index (κ1) is 23.5. The minimum atomic E-state index is 0. The number of piperidine rings is 1. The van der Waals surface area contributed by atoms with Gasteiger partial charge in [-0.25, -0.2) is 0 Å². The first-order valence-electron chi connectivity index (χ1n) is 10.7. The van der Waals surface area contributed by atoms with Crippen LogP contribution in [0.25, 0.3) is 0 Å². The average molecular weight is 511 g/mol. The average Bonchev–Trinajstić information content (AvgIpc) is 3.22. The number of hydrogen-bond donors (Lipinski definition) is 2. The topological polar surface area (TPSA) is 48.9 Å². The Bertz CT molecular complexity index is 445. The van der Waals surface area contributed by atoms with Crippen molar-refractivity contribution in [2.45, 2.75) is 75.1 Å². The number of halogens is 1. The predicted octanol–water partition coefficient (Wildman–Crippen LogP) is 3.48. The molecule has 0 unspecified atom stereocenters. The summed E-state index contributed by atoms with van der Waals surface area (Å²) in [6, 6.07) is 1.43. The van der Waals surface area contributed by atoms with Crippen molar-refractivity contribution in [3.05, 3.63) is 0 Å². The SMILES string of the molecule is CCNC(=NCC1(SC)CCOCC1)NC1CCN(C2CCCC2)CC1.I. The van der Waals surface area contributed by atoms with E-state index in [1.54, 1.807) is 0 Å². The van der Waals surface area contributed by atoms with Crippen LogP contribution in [-0.4, -0.2) is 73.3 Å². The highest BCUT2D eigenvalue weighted by Crippen LogP contribution is 2.34. The lowest BCUT2D eigenvalue weighted by Crippen LogP contribution is -2.50. The van der Waals surface area contributed by atoms with E-state index in [2.05, 4.69) is 28.7 Å². The number of guanidine groups is 1. The van der Waals surface area contributed by atoms with Crippen molar-refractivity contribution in [2.24, 2.45) is 4.99 Å². The van der Waals surface area contributed by atoms with Crippen molar-refractivity contribution in [3.63, 3.8) is 0 Å². The smallest absolute Gasteiger partial charge is 0.191 e. The van der Waals surface area contributed by atoms with Crippen LogP contribution in [0, 0.1) is 0 Å². The van der Waals surface area contributed by atoms with Gasteiger partial charge in [0.15, 0.2) is 5.96 Å². The summed E-state index contributed by atoms with van der Waals surface area (Å²) < 4.78 is 5.81. The zero-order chi connectivity index (χ0) is 18.2. The van der Waals surface area contributed by atoms with Gasteiger partial charge in [0.2, 0.25) is 0 Å². The van der Waals surface area contributed by atoms with E-state index in [4.69, 9.17) is 9.73 Å². The summed E-state index contributed by atoms with van der Waals surface area (Å²) in [7, 11) is 0. The molecule has 2 aliphatic heterocycles. The minimum Gasteiger partial charge on any atom is -0.381 e. The largest absolute Gasteiger partial charge is 0.381 e. The van der Waals surface area contributed by atoms with Gasteiger partial charge in [0.1, 0.15) is 0 Å². The van der Waals surface area contributed by atoms with Crippen LogP contribution >= 0.6 is 35.7 Å². The summed E-state index contributed by atoms with van der Waals surface area (Å²) in [5.74, 6) is 1.01. The zero-order valence-electron chi connectivity index (χ0n) is 17.2. The Morgan fingerprint density at radius 1 is 1.15 bits per heavy atom. The van der Waals surface area contributed by atoms with Crippen molar-refractivity contribution in [1.29, 1.82) is 0 Å². The molecule has 3 rings (SSSR count). The number of nitrogens with one attached hydrogen (secondary N) is 2. The Labute approximate surface area is 187 Å². The molecule has 158 valence electrons. The molecule has 7 heteroatoms. The summed E-state index contributed by atoms with van der Waals surface area (Å²) in [5.41, 5.74) is 0. The van der Waals surface area contributed by atoms with Crippen LogP contribution < -0.4 is 10.6 Å². The van der Waals surface area contributed by atoms with Crippen molar-refractivity contribution in [1.82, 2.24) is 15.5 Å². The Morgan fingerprint density at radius 2 is 1.81 bits per heavy atom. The third-order valence-corrected chi connectivity index (χ3v) is 7.82. The Morgan fingerprint density at radius 3 is 2.41 bits per heavy atom. The summed E-state index contributed by atoms with van der Waals surface area (Å²) >= 11 is 1.96. The molecule has 0 aromatic carbocycles. The Hall–Kier alpha value is 0.270. The number of rotatable bonds is 6. The van der Waals surface area contributed by atoms with Gasteiger partial charge >= 0.3 is 0 Å².